The summed E-state index contributed by atoms with van der Waals surface area (Å²) in [4.78, 5) is 50.8. The molecule has 3 aromatic carbocycles. The molecule has 0 aliphatic rings. The molecule has 2 N–H and O–H groups in total. The summed E-state index contributed by atoms with van der Waals surface area (Å²) in [5.74, 6) is -1.82. The minimum Gasteiger partial charge on any atom is -0.451 e. The Bertz CT molecular complexity index is 1510. The molecule has 37 heavy (non-hydrogen) atoms. The van der Waals surface area contributed by atoms with E-state index in [2.05, 4.69) is 15.7 Å². The summed E-state index contributed by atoms with van der Waals surface area (Å²) in [6.45, 7) is 3.27. The van der Waals surface area contributed by atoms with Crippen molar-refractivity contribution < 1.29 is 19.1 Å². The Balaban J connectivity index is 1.44. The van der Waals surface area contributed by atoms with Crippen molar-refractivity contribution in [2.45, 2.75) is 26.4 Å². The molecular weight excluding hydrogens is 472 g/mol. The Labute approximate surface area is 213 Å². The quantitative estimate of drug-likeness (QED) is 0.358. The van der Waals surface area contributed by atoms with E-state index in [4.69, 9.17) is 4.74 Å². The number of fused-ring (bicyclic) bond motifs is 1. The summed E-state index contributed by atoms with van der Waals surface area (Å²) in [5, 5.41) is 10.3. The van der Waals surface area contributed by atoms with Crippen molar-refractivity contribution in [3.63, 3.8) is 0 Å². The predicted molar refractivity (Wildman–Crippen MR) is 139 cm³/mol. The zero-order valence-corrected chi connectivity index (χ0v) is 20.4. The first-order valence-electron chi connectivity index (χ1n) is 11.8. The second kappa shape index (κ2) is 11.3. The Kier molecular flexibility index (Phi) is 7.73. The molecule has 4 rings (SSSR count). The van der Waals surface area contributed by atoms with E-state index in [1.165, 1.54) is 4.68 Å². The second-order valence-corrected chi connectivity index (χ2v) is 8.29. The summed E-state index contributed by atoms with van der Waals surface area (Å²) >= 11 is 0. The monoisotopic (exact) mass is 498 g/mol. The van der Waals surface area contributed by atoms with Gasteiger partial charge in [-0.25, -0.2) is 9.48 Å². The Morgan fingerprint density at radius 1 is 0.919 bits per heavy atom. The summed E-state index contributed by atoms with van der Waals surface area (Å²) in [6, 6.07) is 22.4. The van der Waals surface area contributed by atoms with Crippen LogP contribution < -0.4 is 16.2 Å². The van der Waals surface area contributed by atoms with Gasteiger partial charge < -0.3 is 15.4 Å². The average Bonchev–Trinajstić information content (AvgIpc) is 2.93. The fraction of sp³-hybridized carbons (Fsp3) is 0.179. The van der Waals surface area contributed by atoms with Crippen LogP contribution in [0.15, 0.2) is 83.7 Å². The third-order valence-electron chi connectivity index (χ3n) is 5.79. The van der Waals surface area contributed by atoms with Crippen LogP contribution in [0.25, 0.3) is 10.8 Å². The maximum atomic E-state index is 12.9. The van der Waals surface area contributed by atoms with Gasteiger partial charge >= 0.3 is 5.97 Å². The van der Waals surface area contributed by atoms with Crippen LogP contribution in [-0.2, 0) is 16.1 Å². The van der Waals surface area contributed by atoms with Crippen LogP contribution in [0, 0.1) is 0 Å². The van der Waals surface area contributed by atoms with Crippen LogP contribution in [0.2, 0.25) is 0 Å². The van der Waals surface area contributed by atoms with Gasteiger partial charge in [-0.15, -0.1) is 0 Å². The van der Waals surface area contributed by atoms with E-state index in [1.807, 2.05) is 37.3 Å². The Hall–Kier alpha value is -4.79. The molecule has 1 aromatic heterocycles. The van der Waals surface area contributed by atoms with E-state index < -0.39 is 18.5 Å². The van der Waals surface area contributed by atoms with Crippen molar-refractivity contribution in [3.05, 3.63) is 106 Å². The largest absolute Gasteiger partial charge is 0.451 e. The van der Waals surface area contributed by atoms with Crippen LogP contribution in [-0.4, -0.2) is 34.2 Å². The van der Waals surface area contributed by atoms with Gasteiger partial charge in [0.1, 0.15) is 0 Å². The van der Waals surface area contributed by atoms with Gasteiger partial charge in [0, 0.05) is 11.9 Å². The van der Waals surface area contributed by atoms with Gasteiger partial charge in [0.05, 0.1) is 22.7 Å². The molecule has 4 aromatic rings. The number of esters is 1. The highest BCUT2D eigenvalue weighted by molar-refractivity contribution is 6.05. The van der Waals surface area contributed by atoms with Gasteiger partial charge in [-0.05, 0) is 37.6 Å². The smallest absolute Gasteiger partial charge is 0.359 e. The van der Waals surface area contributed by atoms with E-state index in [0.717, 1.165) is 5.56 Å². The first-order chi connectivity index (χ1) is 17.9. The number of anilines is 1. The predicted octanol–water partition coefficient (Wildman–Crippen LogP) is 3.70. The van der Waals surface area contributed by atoms with Crippen LogP contribution in [0.3, 0.4) is 0 Å². The molecule has 0 aliphatic carbocycles. The molecular formula is C28H26N4O5. The van der Waals surface area contributed by atoms with Crippen LogP contribution in [0.1, 0.15) is 46.3 Å². The third kappa shape index (κ3) is 5.72. The third-order valence-corrected chi connectivity index (χ3v) is 5.79. The number of ether oxygens (including phenoxy) is 1. The normalized spacial score (nSPS) is 11.5. The Morgan fingerprint density at radius 2 is 1.57 bits per heavy atom. The van der Waals surface area contributed by atoms with Crippen molar-refractivity contribution in [3.8, 4) is 0 Å². The van der Waals surface area contributed by atoms with Crippen LogP contribution in [0.4, 0.5) is 5.69 Å². The van der Waals surface area contributed by atoms with Crippen molar-refractivity contribution in [1.82, 2.24) is 15.1 Å². The van der Waals surface area contributed by atoms with Gasteiger partial charge in [0.15, 0.2) is 12.3 Å². The molecule has 0 saturated heterocycles. The zero-order chi connectivity index (χ0) is 26.4. The number of nitrogens with zero attached hydrogens (tertiary/aromatic N) is 2. The fourth-order valence-electron chi connectivity index (χ4n) is 3.88. The molecule has 188 valence electrons. The number of nitrogens with one attached hydrogen (secondary N) is 2. The number of para-hydroxylation sites is 1. The molecule has 1 heterocycles. The molecule has 0 radical (unpaired) electrons. The number of carbonyl (C=O) groups excluding carboxylic acids is 3. The van der Waals surface area contributed by atoms with Gasteiger partial charge in [0.25, 0.3) is 17.4 Å². The summed E-state index contributed by atoms with van der Waals surface area (Å²) in [7, 11) is 0. The highest BCUT2D eigenvalue weighted by Crippen LogP contribution is 2.18. The molecule has 9 heteroatoms. The number of aromatic nitrogens is 2. The fourth-order valence-corrected chi connectivity index (χ4v) is 3.88. The molecule has 0 spiro atoms. The number of hydrogen-bond donors (Lipinski definition) is 2. The Morgan fingerprint density at radius 3 is 2.30 bits per heavy atom. The van der Waals surface area contributed by atoms with E-state index >= 15 is 0 Å². The maximum absolute atomic E-state index is 12.9. The lowest BCUT2D eigenvalue weighted by molar-refractivity contribution is -0.119. The number of carbonyl (C=O) groups is 3. The van der Waals surface area contributed by atoms with Gasteiger partial charge in [-0.3, -0.25) is 14.4 Å². The lowest BCUT2D eigenvalue weighted by Crippen LogP contribution is -2.29. The number of benzene rings is 3. The van der Waals surface area contributed by atoms with Gasteiger partial charge in [0.2, 0.25) is 0 Å². The number of aryl methyl sites for hydroxylation is 1. The first kappa shape index (κ1) is 25.3. The van der Waals surface area contributed by atoms with E-state index in [1.54, 1.807) is 55.5 Å². The molecule has 0 fully saturated rings. The summed E-state index contributed by atoms with van der Waals surface area (Å²) < 4.78 is 6.37. The van der Waals surface area contributed by atoms with Crippen molar-refractivity contribution in [1.29, 1.82) is 0 Å². The summed E-state index contributed by atoms with van der Waals surface area (Å²) in [6.07, 6.45) is 0. The SMILES string of the molecule is CCn1nc(C(=O)OCC(=O)Nc2ccccc2C(=O)NC(C)c2ccccc2)c2ccccc2c1=O. The summed E-state index contributed by atoms with van der Waals surface area (Å²) in [5.41, 5.74) is 1.13. The van der Waals surface area contributed by atoms with Crippen LogP contribution >= 0.6 is 0 Å². The van der Waals surface area contributed by atoms with Gasteiger partial charge in [-0.1, -0.05) is 60.7 Å². The van der Waals surface area contributed by atoms with Gasteiger partial charge in [-0.2, -0.15) is 5.10 Å². The van der Waals surface area contributed by atoms with Crippen molar-refractivity contribution in [2.75, 3.05) is 11.9 Å². The minimum atomic E-state index is -0.837. The van der Waals surface area contributed by atoms with E-state index in [-0.39, 0.29) is 41.0 Å². The maximum Gasteiger partial charge on any atom is 0.359 e. The molecule has 0 saturated carbocycles. The molecule has 1 unspecified atom stereocenters. The standard InChI is InChI=1S/C28H26N4O5/c1-3-32-27(35)21-14-8-7-13-20(21)25(31-32)28(36)37-17-24(33)30-23-16-10-9-15-22(23)26(34)29-18(2)19-11-5-4-6-12-19/h4-16,18H,3,17H2,1-2H3,(H,29,34)(H,30,33). The van der Waals surface area contributed by atoms with E-state index in [0.29, 0.717) is 10.8 Å². The molecule has 2 amide bonds. The van der Waals surface area contributed by atoms with Crippen molar-refractivity contribution >= 4 is 34.2 Å². The molecule has 0 bridgehead atoms. The van der Waals surface area contributed by atoms with Crippen molar-refractivity contribution in [2.24, 2.45) is 0 Å². The lowest BCUT2D eigenvalue weighted by Gasteiger charge is -2.16. The highest BCUT2D eigenvalue weighted by atomic mass is 16.5. The number of amides is 2. The minimum absolute atomic E-state index is 0.0560. The highest BCUT2D eigenvalue weighted by Gasteiger charge is 2.20. The lowest BCUT2D eigenvalue weighted by atomic mass is 10.1. The second-order valence-electron chi connectivity index (χ2n) is 8.29. The van der Waals surface area contributed by atoms with E-state index in [9.17, 15) is 19.2 Å². The number of rotatable bonds is 8. The molecule has 1 atom stereocenters. The molecule has 0 aliphatic heterocycles. The first-order valence-corrected chi connectivity index (χ1v) is 11.8. The van der Waals surface area contributed by atoms with Crippen LogP contribution in [0.5, 0.6) is 0 Å². The zero-order valence-electron chi connectivity index (χ0n) is 20.4. The number of hydrogen-bond acceptors (Lipinski definition) is 6. The topological polar surface area (TPSA) is 119 Å². The average molecular weight is 499 g/mol. The molecule has 9 nitrogen and oxygen atoms in total.